The van der Waals surface area contributed by atoms with Crippen LogP contribution in [0.2, 0.25) is 0 Å². The Hall–Kier alpha value is -1.05. The predicted molar refractivity (Wildman–Crippen MR) is 91.4 cm³/mol. The smallest absolute Gasteiger partial charge is 0.421 e. The molecule has 0 atom stereocenters. The zero-order valence-electron chi connectivity index (χ0n) is 15.2. The van der Waals surface area contributed by atoms with Gasteiger partial charge in [-0.1, -0.05) is 11.3 Å². The standard InChI is InChI=1S/C10H17NO3S.C2F6NO4S2/c1-12-5-6-14-8-7-13-4-2-10-11-3-9-15-10;3-1(4,5)14(10,11)9-15(12,13)2(6,7)8/h3,9H,2,4-8H2,1H3;/q;-1/p+1. The molecular weight excluding hydrogens is 494 g/mol. The highest BCUT2D eigenvalue weighted by atomic mass is 32.3. The van der Waals surface area contributed by atoms with Gasteiger partial charge < -0.3 is 18.3 Å². The second kappa shape index (κ2) is 12.7. The van der Waals surface area contributed by atoms with E-state index in [1.807, 2.05) is 11.6 Å². The van der Waals surface area contributed by atoms with E-state index in [0.717, 1.165) is 17.2 Å². The van der Waals surface area contributed by atoms with Crippen molar-refractivity contribution in [1.82, 2.24) is 0 Å². The van der Waals surface area contributed by atoms with Gasteiger partial charge in [0.1, 0.15) is 0 Å². The minimum absolute atomic E-state index is 0.636. The Bertz CT molecular complexity index is 753. The number of hydrogen-bond donors (Lipinski definition) is 0. The SMILES string of the molecule is COCCOCCOCCc1[nH+]ccs1.O=S(=O)([N-]S(=O)(=O)C(F)(F)F)C(F)(F)F. The van der Waals surface area contributed by atoms with Gasteiger partial charge in [-0.2, -0.15) is 26.3 Å². The number of sulfonamides is 2. The maximum absolute atomic E-state index is 11.4. The molecule has 0 fully saturated rings. The highest BCUT2D eigenvalue weighted by Crippen LogP contribution is 2.36. The van der Waals surface area contributed by atoms with Gasteiger partial charge in [0.25, 0.3) is 0 Å². The average Bonchev–Trinajstić information content (AvgIpc) is 3.08. The van der Waals surface area contributed by atoms with E-state index in [9.17, 15) is 43.2 Å². The number of hydrogen-bond acceptors (Lipinski definition) is 8. The first-order valence-corrected chi connectivity index (χ1v) is 11.4. The molecule has 0 radical (unpaired) electrons. The van der Waals surface area contributed by atoms with E-state index in [0.29, 0.717) is 26.4 Å². The maximum Gasteiger partial charge on any atom is 0.480 e. The predicted octanol–water partition coefficient (Wildman–Crippen LogP) is 1.84. The zero-order chi connectivity index (χ0) is 23.5. The highest BCUT2D eigenvalue weighted by Gasteiger charge is 2.46. The first-order chi connectivity index (χ1) is 13.6. The van der Waals surface area contributed by atoms with Crippen molar-refractivity contribution in [1.29, 1.82) is 0 Å². The number of ether oxygens (including phenoxy) is 3. The van der Waals surface area contributed by atoms with Gasteiger partial charge >= 0.3 is 11.0 Å². The van der Waals surface area contributed by atoms with Gasteiger partial charge in [-0.15, -0.1) is 0 Å². The van der Waals surface area contributed by atoms with Gasteiger partial charge in [-0.25, -0.2) is 21.8 Å². The average molecular weight is 512 g/mol. The van der Waals surface area contributed by atoms with E-state index in [1.54, 1.807) is 18.4 Å². The summed E-state index contributed by atoms with van der Waals surface area (Å²) >= 11 is 1.71. The maximum atomic E-state index is 11.4. The molecular formula is C12H18F6N2O7S3. The van der Waals surface area contributed by atoms with Crippen LogP contribution in [0.4, 0.5) is 26.3 Å². The quantitative estimate of drug-likeness (QED) is 0.327. The van der Waals surface area contributed by atoms with Crippen LogP contribution in [0.3, 0.4) is 0 Å². The fourth-order valence-corrected chi connectivity index (χ4v) is 3.60. The number of H-pyrrole nitrogens is 1. The van der Waals surface area contributed by atoms with Crippen molar-refractivity contribution in [2.24, 2.45) is 0 Å². The molecule has 1 rings (SSSR count). The van der Waals surface area contributed by atoms with Crippen LogP contribution in [0.1, 0.15) is 5.01 Å². The highest BCUT2D eigenvalue weighted by molar-refractivity contribution is 8.13. The third kappa shape index (κ3) is 11.4. The summed E-state index contributed by atoms with van der Waals surface area (Å²) in [5.74, 6) is 0. The first kappa shape index (κ1) is 28.9. The van der Waals surface area contributed by atoms with Gasteiger partial charge in [0.05, 0.1) is 44.8 Å². The molecule has 1 N–H and O–H groups in total. The second-order valence-corrected chi connectivity index (χ2v) is 9.29. The molecule has 18 heteroatoms. The van der Waals surface area contributed by atoms with Crippen molar-refractivity contribution in [2.75, 3.05) is 40.1 Å². The van der Waals surface area contributed by atoms with Crippen LogP contribution in [-0.4, -0.2) is 68.0 Å². The van der Waals surface area contributed by atoms with Crippen molar-refractivity contribution in [3.63, 3.8) is 0 Å². The van der Waals surface area contributed by atoms with Crippen LogP contribution in [0.15, 0.2) is 11.6 Å². The fourth-order valence-electron chi connectivity index (χ4n) is 1.25. The van der Waals surface area contributed by atoms with Crippen LogP contribution in [0.25, 0.3) is 4.13 Å². The van der Waals surface area contributed by atoms with Crippen LogP contribution in [0, 0.1) is 0 Å². The van der Waals surface area contributed by atoms with Crippen LogP contribution in [-0.2, 0) is 40.7 Å². The molecule has 0 aliphatic heterocycles. The second-order valence-electron chi connectivity index (χ2n) is 4.87. The summed E-state index contributed by atoms with van der Waals surface area (Å²) < 4.78 is 125. The van der Waals surface area contributed by atoms with Crippen molar-refractivity contribution < 1.29 is 62.4 Å². The Morgan fingerprint density at radius 3 is 1.77 bits per heavy atom. The summed E-state index contributed by atoms with van der Waals surface area (Å²) in [5.41, 5.74) is -12.4. The van der Waals surface area contributed by atoms with E-state index in [1.165, 1.54) is 5.01 Å². The van der Waals surface area contributed by atoms with E-state index < -0.39 is 31.1 Å². The van der Waals surface area contributed by atoms with E-state index in [2.05, 4.69) is 4.98 Å². The minimum Gasteiger partial charge on any atom is -0.421 e. The number of halogens is 6. The van der Waals surface area contributed by atoms with E-state index >= 15 is 0 Å². The molecule has 1 heterocycles. The molecule has 9 nitrogen and oxygen atoms in total. The number of nitrogens with one attached hydrogen (secondary N) is 1. The van der Waals surface area contributed by atoms with Crippen molar-refractivity contribution >= 4 is 31.4 Å². The number of methoxy groups -OCH3 is 1. The molecule has 0 aliphatic rings. The Morgan fingerprint density at radius 1 is 0.900 bits per heavy atom. The Kier molecular flexibility index (Phi) is 12.3. The number of aromatic amines is 1. The molecule has 0 bridgehead atoms. The number of alkyl halides is 6. The Balaban J connectivity index is 0.000000561. The van der Waals surface area contributed by atoms with Crippen LogP contribution >= 0.6 is 11.3 Å². The topological polar surface area (TPSA) is 124 Å². The largest absolute Gasteiger partial charge is 0.480 e. The van der Waals surface area contributed by atoms with Gasteiger partial charge in [0.2, 0.25) is 5.01 Å². The molecule has 0 unspecified atom stereocenters. The van der Waals surface area contributed by atoms with E-state index in [-0.39, 0.29) is 0 Å². The number of rotatable bonds is 11. The summed E-state index contributed by atoms with van der Waals surface area (Å²) in [4.78, 5) is 3.15. The van der Waals surface area contributed by atoms with Gasteiger partial charge in [-0.3, -0.25) is 0 Å². The van der Waals surface area contributed by atoms with Crippen molar-refractivity contribution in [3.05, 3.63) is 20.7 Å². The van der Waals surface area contributed by atoms with E-state index in [4.69, 9.17) is 14.2 Å². The molecule has 0 amide bonds. The third-order valence-corrected chi connectivity index (χ3v) is 6.20. The molecule has 178 valence electrons. The lowest BCUT2D eigenvalue weighted by Crippen LogP contribution is -2.30. The van der Waals surface area contributed by atoms with Crippen LogP contribution in [0.5, 0.6) is 0 Å². The lowest BCUT2D eigenvalue weighted by Gasteiger charge is -2.22. The molecule has 30 heavy (non-hydrogen) atoms. The lowest BCUT2D eigenvalue weighted by atomic mass is 10.5. The number of thiazole rings is 1. The summed E-state index contributed by atoms with van der Waals surface area (Å²) in [6, 6.07) is 0. The molecule has 0 aliphatic carbocycles. The molecule has 1 aromatic heterocycles. The molecule has 0 saturated heterocycles. The molecule has 0 aromatic carbocycles. The molecule has 0 saturated carbocycles. The summed E-state index contributed by atoms with van der Waals surface area (Å²) in [6.07, 6.45) is 2.88. The number of aromatic nitrogens is 1. The Labute approximate surface area is 172 Å². The first-order valence-electron chi connectivity index (χ1n) is 7.59. The van der Waals surface area contributed by atoms with Crippen LogP contribution < -0.4 is 4.98 Å². The fraction of sp³-hybridized carbons (Fsp3) is 0.750. The number of nitrogens with zero attached hydrogens (tertiary/aromatic N) is 1. The zero-order valence-corrected chi connectivity index (χ0v) is 17.6. The third-order valence-electron chi connectivity index (χ3n) is 2.58. The lowest BCUT2D eigenvalue weighted by molar-refractivity contribution is -0.382. The van der Waals surface area contributed by atoms with Gasteiger partial charge in [0, 0.05) is 7.11 Å². The Morgan fingerprint density at radius 2 is 1.37 bits per heavy atom. The normalized spacial score (nSPS) is 13.0. The molecule has 1 aromatic rings. The van der Waals surface area contributed by atoms with Crippen molar-refractivity contribution in [3.8, 4) is 0 Å². The van der Waals surface area contributed by atoms with Gasteiger partial charge in [0.15, 0.2) is 26.2 Å². The summed E-state index contributed by atoms with van der Waals surface area (Å²) in [7, 11) is -11.8. The summed E-state index contributed by atoms with van der Waals surface area (Å²) in [6.45, 7) is 3.31. The summed E-state index contributed by atoms with van der Waals surface area (Å²) in [5, 5.41) is 3.28. The minimum atomic E-state index is -6.72. The monoisotopic (exact) mass is 512 g/mol. The van der Waals surface area contributed by atoms with Gasteiger partial charge in [-0.05, 0) is 0 Å². The van der Waals surface area contributed by atoms with Crippen molar-refractivity contribution in [2.45, 2.75) is 17.4 Å². The molecule has 0 spiro atoms.